The van der Waals surface area contributed by atoms with Crippen LogP contribution in [0.25, 0.3) is 0 Å². The maximum Gasteiger partial charge on any atom is 0.299 e. The van der Waals surface area contributed by atoms with E-state index in [1.165, 1.54) is 6.07 Å². The zero-order valence-electron chi connectivity index (χ0n) is 10.6. The molecule has 1 amide bonds. The predicted octanol–water partition coefficient (Wildman–Crippen LogP) is 3.35. The van der Waals surface area contributed by atoms with E-state index >= 15 is 0 Å². The number of hydrogen-bond acceptors (Lipinski definition) is 2. The fourth-order valence-electron chi connectivity index (χ4n) is 2.34. The molecular formula is C15H8ClF2NO2. The second-order valence-corrected chi connectivity index (χ2v) is 5.04. The highest BCUT2D eigenvalue weighted by Gasteiger charge is 2.37. The summed E-state index contributed by atoms with van der Waals surface area (Å²) >= 11 is 5.93. The van der Waals surface area contributed by atoms with Gasteiger partial charge in [-0.25, -0.2) is 8.78 Å². The van der Waals surface area contributed by atoms with E-state index in [2.05, 4.69) is 0 Å². The van der Waals surface area contributed by atoms with Gasteiger partial charge in [0, 0.05) is 6.07 Å². The summed E-state index contributed by atoms with van der Waals surface area (Å²) in [5.41, 5.74) is 0.727. The van der Waals surface area contributed by atoms with Gasteiger partial charge in [0.2, 0.25) is 0 Å². The van der Waals surface area contributed by atoms with Crippen molar-refractivity contribution in [2.45, 2.75) is 6.54 Å². The molecule has 0 aromatic heterocycles. The van der Waals surface area contributed by atoms with E-state index < -0.39 is 23.3 Å². The summed E-state index contributed by atoms with van der Waals surface area (Å²) in [6.45, 7) is -0.105. The van der Waals surface area contributed by atoms with Crippen molar-refractivity contribution in [1.29, 1.82) is 0 Å². The van der Waals surface area contributed by atoms with Crippen LogP contribution in [0.3, 0.4) is 0 Å². The number of ketones is 1. The number of halogens is 3. The Bertz CT molecular complexity index is 756. The van der Waals surface area contributed by atoms with E-state index in [-0.39, 0.29) is 22.7 Å². The highest BCUT2D eigenvalue weighted by molar-refractivity contribution is 6.55. The van der Waals surface area contributed by atoms with Gasteiger partial charge in [0.05, 0.1) is 22.8 Å². The Morgan fingerprint density at radius 2 is 1.71 bits per heavy atom. The van der Waals surface area contributed by atoms with Crippen molar-refractivity contribution in [3.63, 3.8) is 0 Å². The van der Waals surface area contributed by atoms with E-state index in [0.29, 0.717) is 5.69 Å². The van der Waals surface area contributed by atoms with Crippen molar-refractivity contribution in [3.8, 4) is 0 Å². The van der Waals surface area contributed by atoms with Gasteiger partial charge in [-0.3, -0.25) is 9.59 Å². The molecule has 0 saturated carbocycles. The minimum Gasteiger partial charge on any atom is -0.300 e. The standard InChI is InChI=1S/C15H8ClF2NO2/c16-11-2-1-3-12-13(11)14(20)15(21)19(12)7-8-4-9(17)6-10(18)5-8/h1-6H,7H2. The van der Waals surface area contributed by atoms with Crippen molar-refractivity contribution in [1.82, 2.24) is 0 Å². The Labute approximate surface area is 123 Å². The molecule has 0 aliphatic carbocycles. The van der Waals surface area contributed by atoms with Crippen LogP contribution in [-0.2, 0) is 11.3 Å². The maximum absolute atomic E-state index is 13.2. The minimum atomic E-state index is -0.761. The Hall–Kier alpha value is -2.27. The molecule has 0 atom stereocenters. The molecule has 3 nitrogen and oxygen atoms in total. The lowest BCUT2D eigenvalue weighted by Gasteiger charge is -2.16. The molecule has 6 heteroatoms. The number of nitrogens with zero attached hydrogens (tertiary/aromatic N) is 1. The van der Waals surface area contributed by atoms with Crippen LogP contribution in [0.4, 0.5) is 14.5 Å². The van der Waals surface area contributed by atoms with Gasteiger partial charge < -0.3 is 4.90 Å². The summed E-state index contributed by atoms with van der Waals surface area (Å²) in [6.07, 6.45) is 0. The van der Waals surface area contributed by atoms with E-state index in [4.69, 9.17) is 11.6 Å². The number of hydrogen-bond donors (Lipinski definition) is 0. The third kappa shape index (κ3) is 2.29. The summed E-state index contributed by atoms with van der Waals surface area (Å²) < 4.78 is 26.4. The Morgan fingerprint density at radius 1 is 1.05 bits per heavy atom. The Kier molecular flexibility index (Phi) is 3.22. The second-order valence-electron chi connectivity index (χ2n) is 4.63. The summed E-state index contributed by atoms with van der Waals surface area (Å²) in [6, 6.07) is 7.65. The van der Waals surface area contributed by atoms with Crippen LogP contribution in [0.2, 0.25) is 5.02 Å². The molecule has 0 saturated heterocycles. The van der Waals surface area contributed by atoms with E-state index in [0.717, 1.165) is 23.1 Å². The molecular weight excluding hydrogens is 300 g/mol. The smallest absolute Gasteiger partial charge is 0.299 e. The second kappa shape index (κ2) is 4.93. The average molecular weight is 308 g/mol. The Morgan fingerprint density at radius 3 is 2.38 bits per heavy atom. The molecule has 2 aromatic carbocycles. The number of rotatable bonds is 2. The van der Waals surface area contributed by atoms with E-state index in [1.54, 1.807) is 12.1 Å². The molecule has 1 aliphatic rings. The lowest BCUT2D eigenvalue weighted by atomic mass is 10.1. The fraction of sp³-hybridized carbons (Fsp3) is 0.0667. The molecule has 0 spiro atoms. The topological polar surface area (TPSA) is 37.4 Å². The predicted molar refractivity (Wildman–Crippen MR) is 73.3 cm³/mol. The number of benzene rings is 2. The van der Waals surface area contributed by atoms with Gasteiger partial charge in [-0.15, -0.1) is 0 Å². The molecule has 0 unspecified atom stereocenters. The molecule has 0 radical (unpaired) electrons. The third-order valence-electron chi connectivity index (χ3n) is 3.21. The number of amides is 1. The van der Waals surface area contributed by atoms with Crippen LogP contribution in [0, 0.1) is 11.6 Å². The van der Waals surface area contributed by atoms with Gasteiger partial charge in [-0.2, -0.15) is 0 Å². The summed E-state index contributed by atoms with van der Waals surface area (Å²) in [5.74, 6) is -2.96. The lowest BCUT2D eigenvalue weighted by molar-refractivity contribution is -0.114. The molecule has 1 aliphatic heterocycles. The average Bonchev–Trinajstić information content (AvgIpc) is 2.64. The van der Waals surface area contributed by atoms with Crippen molar-refractivity contribution in [3.05, 3.63) is 64.2 Å². The summed E-state index contributed by atoms with van der Waals surface area (Å²) in [4.78, 5) is 25.1. The lowest BCUT2D eigenvalue weighted by Crippen LogP contribution is -2.29. The van der Waals surface area contributed by atoms with Crippen LogP contribution in [0.5, 0.6) is 0 Å². The number of anilines is 1. The first kappa shape index (κ1) is 13.7. The first-order valence-electron chi connectivity index (χ1n) is 6.07. The number of carbonyl (C=O) groups excluding carboxylic acids is 2. The van der Waals surface area contributed by atoms with Gasteiger partial charge in [0.25, 0.3) is 11.7 Å². The van der Waals surface area contributed by atoms with Crippen LogP contribution >= 0.6 is 11.6 Å². The molecule has 106 valence electrons. The molecule has 2 aromatic rings. The summed E-state index contributed by atoms with van der Waals surface area (Å²) in [5, 5.41) is 0.179. The van der Waals surface area contributed by atoms with Gasteiger partial charge >= 0.3 is 0 Å². The molecule has 3 rings (SSSR count). The zero-order valence-corrected chi connectivity index (χ0v) is 11.3. The van der Waals surface area contributed by atoms with Crippen molar-refractivity contribution in [2.75, 3.05) is 4.90 Å². The largest absolute Gasteiger partial charge is 0.300 e. The van der Waals surface area contributed by atoms with Gasteiger partial charge in [0.1, 0.15) is 11.6 Å². The zero-order chi connectivity index (χ0) is 15.1. The molecule has 0 bridgehead atoms. The molecule has 0 N–H and O–H groups in total. The highest BCUT2D eigenvalue weighted by Crippen LogP contribution is 2.35. The first-order chi connectivity index (χ1) is 9.97. The first-order valence-corrected chi connectivity index (χ1v) is 6.45. The van der Waals surface area contributed by atoms with Crippen molar-refractivity contribution in [2.24, 2.45) is 0 Å². The number of carbonyl (C=O) groups is 2. The fourth-order valence-corrected chi connectivity index (χ4v) is 2.60. The van der Waals surface area contributed by atoms with Crippen LogP contribution in [0.15, 0.2) is 36.4 Å². The van der Waals surface area contributed by atoms with Gasteiger partial charge in [0.15, 0.2) is 0 Å². The molecule has 1 heterocycles. The SMILES string of the molecule is O=C1C(=O)N(Cc2cc(F)cc(F)c2)c2cccc(Cl)c21. The number of Topliss-reactive ketones (excluding diaryl/α,β-unsaturated/α-hetero) is 1. The monoisotopic (exact) mass is 307 g/mol. The normalized spacial score (nSPS) is 13.8. The maximum atomic E-state index is 13.2. The minimum absolute atomic E-state index is 0.105. The quantitative estimate of drug-likeness (QED) is 0.798. The molecule has 0 fully saturated rings. The van der Waals surface area contributed by atoms with Gasteiger partial charge in [-0.1, -0.05) is 17.7 Å². The van der Waals surface area contributed by atoms with Crippen LogP contribution in [0.1, 0.15) is 15.9 Å². The molecule has 21 heavy (non-hydrogen) atoms. The van der Waals surface area contributed by atoms with Crippen molar-refractivity contribution < 1.29 is 18.4 Å². The van der Waals surface area contributed by atoms with E-state index in [9.17, 15) is 18.4 Å². The van der Waals surface area contributed by atoms with Crippen LogP contribution in [-0.4, -0.2) is 11.7 Å². The Balaban J connectivity index is 2.02. The highest BCUT2D eigenvalue weighted by atomic mass is 35.5. The summed E-state index contributed by atoms with van der Waals surface area (Å²) in [7, 11) is 0. The van der Waals surface area contributed by atoms with Crippen molar-refractivity contribution >= 4 is 29.0 Å². The number of fused-ring (bicyclic) bond motifs is 1. The van der Waals surface area contributed by atoms with Gasteiger partial charge in [-0.05, 0) is 29.8 Å². The van der Waals surface area contributed by atoms with Crippen LogP contribution < -0.4 is 4.90 Å². The third-order valence-corrected chi connectivity index (χ3v) is 3.53. The van der Waals surface area contributed by atoms with E-state index in [1.807, 2.05) is 0 Å².